The molecule has 1 aromatic carbocycles. The molecule has 0 radical (unpaired) electrons. The van der Waals surface area contributed by atoms with E-state index in [9.17, 15) is 19.5 Å². The molecule has 3 unspecified atom stereocenters. The van der Waals surface area contributed by atoms with Crippen molar-refractivity contribution in [2.24, 2.45) is 5.92 Å². The summed E-state index contributed by atoms with van der Waals surface area (Å²) < 4.78 is 0. The van der Waals surface area contributed by atoms with Crippen molar-refractivity contribution in [2.75, 3.05) is 13.1 Å². The van der Waals surface area contributed by atoms with E-state index in [1.807, 2.05) is 37.3 Å². The average Bonchev–Trinajstić information content (AvgIpc) is 3.21. The van der Waals surface area contributed by atoms with Crippen LogP contribution in [0.2, 0.25) is 0 Å². The van der Waals surface area contributed by atoms with Crippen LogP contribution in [-0.2, 0) is 14.4 Å². The summed E-state index contributed by atoms with van der Waals surface area (Å²) in [4.78, 5) is 39.5. The topological polar surface area (TPSA) is 77.9 Å². The fraction of sp³-hybridized carbons (Fsp3) is 0.500. The molecule has 6 heteroatoms. The Bertz CT molecular complexity index is 646. The van der Waals surface area contributed by atoms with Crippen LogP contribution < -0.4 is 0 Å². The smallest absolute Gasteiger partial charge is 0.326 e. The maximum atomic E-state index is 12.7. The van der Waals surface area contributed by atoms with Gasteiger partial charge in [0, 0.05) is 19.5 Å². The van der Waals surface area contributed by atoms with Gasteiger partial charge in [0.25, 0.3) is 0 Å². The van der Waals surface area contributed by atoms with Crippen molar-refractivity contribution in [3.63, 3.8) is 0 Å². The molecular weight excluding hydrogens is 308 g/mol. The van der Waals surface area contributed by atoms with Gasteiger partial charge in [-0.25, -0.2) is 4.79 Å². The van der Waals surface area contributed by atoms with E-state index in [4.69, 9.17) is 0 Å². The molecule has 2 aliphatic rings. The van der Waals surface area contributed by atoms with Crippen molar-refractivity contribution in [3.8, 4) is 0 Å². The molecule has 2 heterocycles. The molecule has 0 aromatic heterocycles. The summed E-state index contributed by atoms with van der Waals surface area (Å²) in [5.41, 5.74) is 1.03. The maximum Gasteiger partial charge on any atom is 0.326 e. The quantitative estimate of drug-likeness (QED) is 0.911. The molecule has 2 amide bonds. The number of carbonyl (C=O) groups excluding carboxylic acids is 2. The lowest BCUT2D eigenvalue weighted by Gasteiger charge is -2.27. The van der Waals surface area contributed by atoms with Crippen LogP contribution in [0.1, 0.15) is 37.8 Å². The van der Waals surface area contributed by atoms with Crippen LogP contribution in [0.25, 0.3) is 0 Å². The fourth-order valence-corrected chi connectivity index (χ4v) is 3.70. The van der Waals surface area contributed by atoms with Crippen molar-refractivity contribution in [3.05, 3.63) is 35.9 Å². The number of hydrogen-bond acceptors (Lipinski definition) is 3. The Labute approximate surface area is 141 Å². The molecular formula is C18H22N2O4. The van der Waals surface area contributed by atoms with Crippen LogP contribution >= 0.6 is 0 Å². The number of benzene rings is 1. The van der Waals surface area contributed by atoms with E-state index in [2.05, 4.69) is 0 Å². The summed E-state index contributed by atoms with van der Waals surface area (Å²) in [5, 5.41) is 9.24. The molecule has 24 heavy (non-hydrogen) atoms. The minimum atomic E-state index is -0.959. The van der Waals surface area contributed by atoms with Crippen LogP contribution in [0, 0.1) is 5.92 Å². The van der Waals surface area contributed by atoms with Gasteiger partial charge in [0.05, 0.1) is 12.0 Å². The van der Waals surface area contributed by atoms with Crippen molar-refractivity contribution >= 4 is 17.8 Å². The number of likely N-dealkylation sites (tertiary alicyclic amines) is 2. The molecule has 1 N–H and O–H groups in total. The highest BCUT2D eigenvalue weighted by Crippen LogP contribution is 2.31. The van der Waals surface area contributed by atoms with Gasteiger partial charge in [-0.1, -0.05) is 30.3 Å². The van der Waals surface area contributed by atoms with Crippen LogP contribution in [0.5, 0.6) is 0 Å². The molecule has 3 rings (SSSR count). The summed E-state index contributed by atoms with van der Waals surface area (Å²) in [6, 6.07) is 8.88. The normalized spacial score (nSPS) is 25.1. The van der Waals surface area contributed by atoms with Gasteiger partial charge in [-0.05, 0) is 25.3 Å². The Balaban J connectivity index is 1.70. The van der Waals surface area contributed by atoms with E-state index in [0.29, 0.717) is 25.9 Å². The minimum absolute atomic E-state index is 0.0456. The van der Waals surface area contributed by atoms with Crippen LogP contribution in [-0.4, -0.2) is 51.8 Å². The number of amides is 2. The highest BCUT2D eigenvalue weighted by molar-refractivity contribution is 5.91. The standard InChI is InChI=1S/C18H22N2O4/c1-12(13-6-3-2-4-7-13)20-11-14(10-16(20)21)17(22)19-9-5-8-15(19)18(23)24/h2-4,6-7,12,14-15H,5,8-11H2,1H3,(H,23,24). The zero-order valence-electron chi connectivity index (χ0n) is 13.7. The number of rotatable bonds is 4. The monoisotopic (exact) mass is 330 g/mol. The SMILES string of the molecule is CC(c1ccccc1)N1CC(C(=O)N2CCCC2C(=O)O)CC1=O. The first-order valence-electron chi connectivity index (χ1n) is 8.36. The third-order valence-electron chi connectivity index (χ3n) is 5.08. The van der Waals surface area contributed by atoms with E-state index in [1.165, 1.54) is 4.90 Å². The van der Waals surface area contributed by atoms with Crippen LogP contribution in [0.4, 0.5) is 0 Å². The summed E-state index contributed by atoms with van der Waals surface area (Å²) in [5.74, 6) is -1.64. The highest BCUT2D eigenvalue weighted by atomic mass is 16.4. The van der Waals surface area contributed by atoms with Crippen LogP contribution in [0.3, 0.4) is 0 Å². The fourth-order valence-electron chi connectivity index (χ4n) is 3.70. The lowest BCUT2D eigenvalue weighted by molar-refractivity contribution is -0.149. The molecule has 0 spiro atoms. The number of nitrogens with zero attached hydrogens (tertiary/aromatic N) is 2. The Morgan fingerprint density at radius 2 is 1.96 bits per heavy atom. The second-order valence-corrected chi connectivity index (χ2v) is 6.56. The average molecular weight is 330 g/mol. The van der Waals surface area contributed by atoms with Crippen LogP contribution in [0.15, 0.2) is 30.3 Å². The molecule has 2 saturated heterocycles. The van der Waals surface area contributed by atoms with Crippen molar-refractivity contribution < 1.29 is 19.5 Å². The Morgan fingerprint density at radius 1 is 1.25 bits per heavy atom. The number of hydrogen-bond donors (Lipinski definition) is 1. The molecule has 1 aromatic rings. The first kappa shape index (κ1) is 16.5. The van der Waals surface area contributed by atoms with Gasteiger partial charge in [0.2, 0.25) is 11.8 Å². The largest absolute Gasteiger partial charge is 0.480 e. The third-order valence-corrected chi connectivity index (χ3v) is 5.08. The molecule has 0 saturated carbocycles. The summed E-state index contributed by atoms with van der Waals surface area (Å²) >= 11 is 0. The Morgan fingerprint density at radius 3 is 2.62 bits per heavy atom. The molecule has 6 nitrogen and oxygen atoms in total. The van der Waals surface area contributed by atoms with E-state index >= 15 is 0 Å². The molecule has 2 fully saturated rings. The molecule has 128 valence electrons. The van der Waals surface area contributed by atoms with Gasteiger partial charge in [0.15, 0.2) is 0 Å². The molecule has 2 aliphatic heterocycles. The van der Waals surface area contributed by atoms with Gasteiger partial charge >= 0.3 is 5.97 Å². The lowest BCUT2D eigenvalue weighted by Crippen LogP contribution is -2.44. The zero-order valence-corrected chi connectivity index (χ0v) is 13.7. The first-order chi connectivity index (χ1) is 11.5. The highest BCUT2D eigenvalue weighted by Gasteiger charge is 2.42. The number of carbonyl (C=O) groups is 3. The lowest BCUT2D eigenvalue weighted by atomic mass is 10.1. The summed E-state index contributed by atoms with van der Waals surface area (Å²) in [6.07, 6.45) is 1.36. The summed E-state index contributed by atoms with van der Waals surface area (Å²) in [6.45, 7) is 2.78. The Hall–Kier alpha value is -2.37. The molecule has 3 atom stereocenters. The molecule has 0 bridgehead atoms. The van der Waals surface area contributed by atoms with E-state index < -0.39 is 17.9 Å². The zero-order chi connectivity index (χ0) is 17.3. The maximum absolute atomic E-state index is 12.7. The second kappa shape index (κ2) is 6.63. The predicted molar refractivity (Wildman–Crippen MR) is 87.0 cm³/mol. The van der Waals surface area contributed by atoms with Gasteiger partial charge in [-0.3, -0.25) is 9.59 Å². The van der Waals surface area contributed by atoms with E-state index in [1.54, 1.807) is 4.90 Å². The molecule has 0 aliphatic carbocycles. The second-order valence-electron chi connectivity index (χ2n) is 6.56. The number of carboxylic acids is 1. The third kappa shape index (κ3) is 3.00. The van der Waals surface area contributed by atoms with Crippen molar-refractivity contribution in [2.45, 2.75) is 38.3 Å². The van der Waals surface area contributed by atoms with Gasteiger partial charge in [0.1, 0.15) is 6.04 Å². The van der Waals surface area contributed by atoms with Crippen molar-refractivity contribution in [1.29, 1.82) is 0 Å². The minimum Gasteiger partial charge on any atom is -0.480 e. The summed E-state index contributed by atoms with van der Waals surface area (Å²) in [7, 11) is 0. The van der Waals surface area contributed by atoms with E-state index in [-0.39, 0.29) is 24.3 Å². The predicted octanol–water partition coefficient (Wildman–Crippen LogP) is 1.67. The van der Waals surface area contributed by atoms with E-state index in [0.717, 1.165) is 5.56 Å². The Kier molecular flexibility index (Phi) is 4.55. The van der Waals surface area contributed by atoms with Gasteiger partial charge < -0.3 is 14.9 Å². The number of carboxylic acid groups (broad SMARTS) is 1. The van der Waals surface area contributed by atoms with Gasteiger partial charge in [-0.2, -0.15) is 0 Å². The number of aliphatic carboxylic acids is 1. The first-order valence-corrected chi connectivity index (χ1v) is 8.36. The van der Waals surface area contributed by atoms with Crippen molar-refractivity contribution in [1.82, 2.24) is 9.80 Å². The van der Waals surface area contributed by atoms with Gasteiger partial charge in [-0.15, -0.1) is 0 Å².